The monoisotopic (exact) mass is 460 g/mol. The third-order valence-electron chi connectivity index (χ3n) is 5.52. The third-order valence-corrected chi connectivity index (χ3v) is 5.77. The van der Waals surface area contributed by atoms with Gasteiger partial charge in [-0.15, -0.1) is 0 Å². The molecule has 7 nitrogen and oxygen atoms in total. The topological polar surface area (TPSA) is 80.4 Å². The molecule has 0 saturated carbocycles. The number of amides is 2. The lowest BCUT2D eigenvalue weighted by Crippen LogP contribution is -2.23. The molecular weight excluding hydrogens is 440 g/mol. The van der Waals surface area contributed by atoms with Gasteiger partial charge in [-0.2, -0.15) is 5.10 Å². The zero-order valence-corrected chi connectivity index (χ0v) is 18.5. The van der Waals surface area contributed by atoms with Crippen LogP contribution < -0.4 is 5.32 Å². The average molecular weight is 461 g/mol. The van der Waals surface area contributed by atoms with Crippen LogP contribution in [0.3, 0.4) is 0 Å². The summed E-state index contributed by atoms with van der Waals surface area (Å²) in [6.45, 7) is 1.31. The van der Waals surface area contributed by atoms with Crippen molar-refractivity contribution < 1.29 is 14.0 Å². The van der Waals surface area contributed by atoms with Gasteiger partial charge < -0.3 is 14.6 Å². The zero-order chi connectivity index (χ0) is 22.8. The van der Waals surface area contributed by atoms with Crippen molar-refractivity contribution in [3.05, 3.63) is 89.3 Å². The fraction of sp³-hybridized carbons (Fsp3) is 0.160. The Morgan fingerprint density at radius 2 is 1.94 bits per heavy atom. The van der Waals surface area contributed by atoms with Crippen LogP contribution >= 0.6 is 11.6 Å². The Morgan fingerprint density at radius 1 is 1.09 bits per heavy atom. The highest BCUT2D eigenvalue weighted by atomic mass is 35.5. The minimum atomic E-state index is -0.343. The minimum Gasteiger partial charge on any atom is -0.463 e. The second-order valence-corrected chi connectivity index (χ2v) is 8.29. The van der Waals surface area contributed by atoms with E-state index in [0.717, 1.165) is 24.2 Å². The molecule has 0 atom stereocenters. The highest BCUT2D eigenvalue weighted by Gasteiger charge is 2.21. The number of anilines is 1. The summed E-state index contributed by atoms with van der Waals surface area (Å²) in [6.07, 6.45) is 3.07. The van der Waals surface area contributed by atoms with Crippen LogP contribution in [0.5, 0.6) is 0 Å². The van der Waals surface area contributed by atoms with Crippen LogP contribution in [0.25, 0.3) is 17.1 Å². The maximum Gasteiger partial charge on any atom is 0.276 e. The predicted octanol–water partition coefficient (Wildman–Crippen LogP) is 5.16. The molecule has 0 spiro atoms. The third kappa shape index (κ3) is 4.54. The summed E-state index contributed by atoms with van der Waals surface area (Å²) in [5.41, 5.74) is 3.25. The fourth-order valence-corrected chi connectivity index (χ4v) is 4.03. The van der Waals surface area contributed by atoms with Gasteiger partial charge in [-0.3, -0.25) is 9.59 Å². The molecule has 0 unspecified atom stereocenters. The highest BCUT2D eigenvalue weighted by Crippen LogP contribution is 2.26. The summed E-state index contributed by atoms with van der Waals surface area (Å²) >= 11 is 6.02. The molecule has 2 aromatic heterocycles. The summed E-state index contributed by atoms with van der Waals surface area (Å²) < 4.78 is 7.21. The van der Waals surface area contributed by atoms with Crippen molar-refractivity contribution in [2.75, 3.05) is 11.9 Å². The summed E-state index contributed by atoms with van der Waals surface area (Å²) in [5.74, 6) is 0.418. The number of halogens is 1. The molecular formula is C25H21ClN4O3. The standard InChI is InChI=1S/C25H21ClN4O3/c26-18-8-10-20(11-9-18)30-22(23-6-3-13-33-23)15-21(28-30)25(32)27-19-5-1-4-17(14-19)16-29-12-2-7-24(29)31/h1,3-6,8-11,13-15H,2,7,12,16H2,(H,27,32). The zero-order valence-electron chi connectivity index (χ0n) is 17.7. The highest BCUT2D eigenvalue weighted by molar-refractivity contribution is 6.30. The van der Waals surface area contributed by atoms with Gasteiger partial charge in [0.25, 0.3) is 5.91 Å². The maximum absolute atomic E-state index is 13.0. The van der Waals surface area contributed by atoms with Crippen LogP contribution in [0, 0.1) is 0 Å². The van der Waals surface area contributed by atoms with Gasteiger partial charge in [0, 0.05) is 36.3 Å². The molecule has 1 aliphatic rings. The van der Waals surface area contributed by atoms with Gasteiger partial charge in [-0.05, 0) is 60.5 Å². The van der Waals surface area contributed by atoms with E-state index < -0.39 is 0 Å². The van der Waals surface area contributed by atoms with Crippen molar-refractivity contribution in [2.45, 2.75) is 19.4 Å². The van der Waals surface area contributed by atoms with E-state index in [1.165, 1.54) is 0 Å². The number of nitrogens with zero attached hydrogens (tertiary/aromatic N) is 3. The van der Waals surface area contributed by atoms with E-state index in [1.54, 1.807) is 35.2 Å². The number of furan rings is 1. The number of nitrogens with one attached hydrogen (secondary N) is 1. The number of carbonyl (C=O) groups is 2. The summed E-state index contributed by atoms with van der Waals surface area (Å²) in [4.78, 5) is 26.8. The predicted molar refractivity (Wildman–Crippen MR) is 125 cm³/mol. The smallest absolute Gasteiger partial charge is 0.276 e. The Kier molecular flexibility index (Phi) is 5.71. The second kappa shape index (κ2) is 8.96. The second-order valence-electron chi connectivity index (χ2n) is 7.85. The lowest BCUT2D eigenvalue weighted by atomic mass is 10.2. The van der Waals surface area contributed by atoms with Gasteiger partial charge in [0.05, 0.1) is 12.0 Å². The number of aromatic nitrogens is 2. The number of benzene rings is 2. The number of hydrogen-bond donors (Lipinski definition) is 1. The molecule has 8 heteroatoms. The van der Waals surface area contributed by atoms with Crippen molar-refractivity contribution in [1.82, 2.24) is 14.7 Å². The number of carbonyl (C=O) groups excluding carboxylic acids is 2. The van der Waals surface area contributed by atoms with Crippen LogP contribution in [0.2, 0.25) is 5.02 Å². The van der Waals surface area contributed by atoms with Crippen LogP contribution in [0.1, 0.15) is 28.9 Å². The van der Waals surface area contributed by atoms with Crippen LogP contribution in [0.4, 0.5) is 5.69 Å². The number of hydrogen-bond acceptors (Lipinski definition) is 4. The Bertz CT molecular complexity index is 1300. The molecule has 5 rings (SSSR count). The molecule has 1 aliphatic heterocycles. The first kappa shape index (κ1) is 21.0. The normalized spacial score (nSPS) is 13.5. The van der Waals surface area contributed by atoms with E-state index in [4.69, 9.17) is 16.0 Å². The first-order valence-electron chi connectivity index (χ1n) is 10.6. The molecule has 2 aromatic carbocycles. The van der Waals surface area contributed by atoms with Crippen LogP contribution in [-0.4, -0.2) is 33.0 Å². The average Bonchev–Trinajstić information content (AvgIpc) is 3.56. The van der Waals surface area contributed by atoms with E-state index >= 15 is 0 Å². The molecule has 0 bridgehead atoms. The summed E-state index contributed by atoms with van der Waals surface area (Å²) in [5, 5.41) is 8.05. The SMILES string of the molecule is O=C(Nc1cccc(CN2CCCC2=O)c1)c1cc(-c2ccco2)n(-c2ccc(Cl)cc2)n1. The van der Waals surface area contributed by atoms with E-state index in [9.17, 15) is 9.59 Å². The fourth-order valence-electron chi connectivity index (χ4n) is 3.91. The largest absolute Gasteiger partial charge is 0.463 e. The number of rotatable bonds is 6. The Morgan fingerprint density at radius 3 is 2.67 bits per heavy atom. The number of likely N-dealkylation sites (tertiary alicyclic amines) is 1. The Labute approximate surface area is 195 Å². The Hall–Kier alpha value is -3.84. The van der Waals surface area contributed by atoms with Crippen molar-refractivity contribution in [3.8, 4) is 17.1 Å². The van der Waals surface area contributed by atoms with Gasteiger partial charge in [0.2, 0.25) is 5.91 Å². The molecule has 1 fully saturated rings. The van der Waals surface area contributed by atoms with E-state index in [1.807, 2.05) is 47.4 Å². The first-order valence-corrected chi connectivity index (χ1v) is 11.0. The van der Waals surface area contributed by atoms with Gasteiger partial charge in [0.1, 0.15) is 5.69 Å². The quantitative estimate of drug-likeness (QED) is 0.431. The van der Waals surface area contributed by atoms with E-state index in [-0.39, 0.29) is 17.5 Å². The molecule has 1 saturated heterocycles. The van der Waals surface area contributed by atoms with E-state index in [2.05, 4.69) is 10.4 Å². The molecule has 166 valence electrons. The minimum absolute atomic E-state index is 0.169. The molecule has 0 radical (unpaired) electrons. The van der Waals surface area contributed by atoms with Gasteiger partial charge in [0.15, 0.2) is 11.5 Å². The van der Waals surface area contributed by atoms with Gasteiger partial charge in [-0.1, -0.05) is 23.7 Å². The first-order chi connectivity index (χ1) is 16.1. The molecule has 0 aliphatic carbocycles. The molecule has 4 aromatic rings. The summed E-state index contributed by atoms with van der Waals surface area (Å²) in [7, 11) is 0. The van der Waals surface area contributed by atoms with Crippen molar-refractivity contribution >= 4 is 29.1 Å². The maximum atomic E-state index is 13.0. The van der Waals surface area contributed by atoms with Gasteiger partial charge >= 0.3 is 0 Å². The molecule has 2 amide bonds. The molecule has 33 heavy (non-hydrogen) atoms. The Balaban J connectivity index is 1.40. The van der Waals surface area contributed by atoms with Crippen molar-refractivity contribution in [2.24, 2.45) is 0 Å². The van der Waals surface area contributed by atoms with Crippen LogP contribution in [-0.2, 0) is 11.3 Å². The molecule has 1 N–H and O–H groups in total. The summed E-state index contributed by atoms with van der Waals surface area (Å²) in [6, 6.07) is 20.0. The lowest BCUT2D eigenvalue weighted by molar-refractivity contribution is -0.128. The molecule has 3 heterocycles. The van der Waals surface area contributed by atoms with Crippen LogP contribution in [0.15, 0.2) is 77.4 Å². The van der Waals surface area contributed by atoms with E-state index in [0.29, 0.717) is 35.1 Å². The van der Waals surface area contributed by atoms with Crippen molar-refractivity contribution in [3.63, 3.8) is 0 Å². The van der Waals surface area contributed by atoms with Crippen molar-refractivity contribution in [1.29, 1.82) is 0 Å². The van der Waals surface area contributed by atoms with Gasteiger partial charge in [-0.25, -0.2) is 4.68 Å². The lowest BCUT2D eigenvalue weighted by Gasteiger charge is -2.16.